The van der Waals surface area contributed by atoms with Crippen molar-refractivity contribution in [3.63, 3.8) is 0 Å². The Balaban J connectivity index is 2.32. The van der Waals surface area contributed by atoms with Gasteiger partial charge in [-0.1, -0.05) is 20.3 Å². The van der Waals surface area contributed by atoms with Gasteiger partial charge in [0.1, 0.15) is 6.42 Å². The van der Waals surface area contributed by atoms with Crippen LogP contribution in [0.2, 0.25) is 0 Å². The highest BCUT2D eigenvalue weighted by Gasteiger charge is 2.23. The number of unbranched alkanes of at least 4 members (excludes halogenated alkanes) is 1. The third kappa shape index (κ3) is 5.19. The molecule has 2 amide bonds. The summed E-state index contributed by atoms with van der Waals surface area (Å²) in [7, 11) is 1.78. The molecule has 0 aliphatic carbocycles. The van der Waals surface area contributed by atoms with E-state index < -0.39 is 0 Å². The molecule has 5 heteroatoms. The van der Waals surface area contributed by atoms with Crippen LogP contribution in [0.3, 0.4) is 0 Å². The lowest BCUT2D eigenvalue weighted by Gasteiger charge is -2.34. The van der Waals surface area contributed by atoms with Gasteiger partial charge in [0.25, 0.3) is 0 Å². The third-order valence-electron chi connectivity index (χ3n) is 3.75. The molecule has 1 rings (SSSR count). The van der Waals surface area contributed by atoms with Crippen LogP contribution < -0.4 is 0 Å². The molecule has 1 heterocycles. The van der Waals surface area contributed by atoms with Crippen LogP contribution in [0.15, 0.2) is 0 Å². The number of carbonyl (C=O) groups excluding carboxylic acids is 2. The highest BCUT2D eigenvalue weighted by molar-refractivity contribution is 5.96. The maximum Gasteiger partial charge on any atom is 0.232 e. The van der Waals surface area contributed by atoms with E-state index in [1.165, 1.54) is 0 Å². The minimum Gasteiger partial charge on any atom is -0.345 e. The molecule has 0 N–H and O–H groups in total. The van der Waals surface area contributed by atoms with Crippen molar-refractivity contribution in [1.82, 2.24) is 14.7 Å². The first-order valence-corrected chi connectivity index (χ1v) is 7.32. The van der Waals surface area contributed by atoms with E-state index in [-0.39, 0.29) is 18.2 Å². The standard InChI is InChI=1S/C14H27N3O2/c1-4-6-7-15(3)13(18)12-14(19)17-10-8-16(5-2)9-11-17/h4-12H2,1-3H3. The SMILES string of the molecule is CCCCN(C)C(=O)CC(=O)N1CCN(CC)CC1. The van der Waals surface area contributed by atoms with E-state index in [0.29, 0.717) is 0 Å². The predicted molar refractivity (Wildman–Crippen MR) is 75.9 cm³/mol. The number of nitrogens with zero attached hydrogens (tertiary/aromatic N) is 3. The Kier molecular flexibility index (Phi) is 6.84. The van der Waals surface area contributed by atoms with E-state index in [1.54, 1.807) is 11.9 Å². The summed E-state index contributed by atoms with van der Waals surface area (Å²) in [6.07, 6.45) is 2.07. The molecule has 1 fully saturated rings. The van der Waals surface area contributed by atoms with Crippen LogP contribution in [-0.4, -0.2) is 72.8 Å². The minimum atomic E-state index is -0.0589. The van der Waals surface area contributed by atoms with E-state index in [0.717, 1.165) is 52.1 Å². The number of hydrogen-bond acceptors (Lipinski definition) is 3. The van der Waals surface area contributed by atoms with Crippen molar-refractivity contribution in [3.05, 3.63) is 0 Å². The van der Waals surface area contributed by atoms with Gasteiger partial charge in [0.05, 0.1) is 0 Å². The zero-order valence-corrected chi connectivity index (χ0v) is 12.5. The first-order chi connectivity index (χ1) is 9.08. The highest BCUT2D eigenvalue weighted by atomic mass is 16.2. The molecule has 1 saturated heterocycles. The molecule has 0 atom stereocenters. The molecule has 1 aliphatic heterocycles. The fourth-order valence-electron chi connectivity index (χ4n) is 2.21. The molecule has 0 aromatic heterocycles. The Morgan fingerprint density at radius 1 is 1.11 bits per heavy atom. The summed E-state index contributed by atoms with van der Waals surface area (Å²) >= 11 is 0. The molecule has 0 aromatic rings. The lowest BCUT2D eigenvalue weighted by atomic mass is 10.2. The van der Waals surface area contributed by atoms with E-state index in [2.05, 4.69) is 18.7 Å². The molecule has 0 bridgehead atoms. The van der Waals surface area contributed by atoms with Crippen LogP contribution in [0.5, 0.6) is 0 Å². The van der Waals surface area contributed by atoms with Crippen molar-refractivity contribution < 1.29 is 9.59 Å². The summed E-state index contributed by atoms with van der Waals surface area (Å²) in [5.74, 6) is -0.0829. The molecule has 0 aromatic carbocycles. The number of amides is 2. The molecule has 110 valence electrons. The number of rotatable bonds is 6. The second-order valence-electron chi connectivity index (χ2n) is 5.16. The van der Waals surface area contributed by atoms with Crippen molar-refractivity contribution in [3.8, 4) is 0 Å². The van der Waals surface area contributed by atoms with Crippen LogP contribution in [0, 0.1) is 0 Å². The van der Waals surface area contributed by atoms with Crippen molar-refractivity contribution >= 4 is 11.8 Å². The summed E-state index contributed by atoms with van der Waals surface area (Å²) in [5.41, 5.74) is 0. The van der Waals surface area contributed by atoms with Gasteiger partial charge in [0, 0.05) is 39.8 Å². The van der Waals surface area contributed by atoms with E-state index in [9.17, 15) is 9.59 Å². The molecular weight excluding hydrogens is 242 g/mol. The van der Waals surface area contributed by atoms with Crippen LogP contribution in [0.25, 0.3) is 0 Å². The number of piperazine rings is 1. The monoisotopic (exact) mass is 269 g/mol. The molecule has 5 nitrogen and oxygen atoms in total. The van der Waals surface area contributed by atoms with Crippen LogP contribution >= 0.6 is 0 Å². The molecule has 0 saturated carbocycles. The average molecular weight is 269 g/mol. The van der Waals surface area contributed by atoms with Gasteiger partial charge in [-0.2, -0.15) is 0 Å². The van der Waals surface area contributed by atoms with Gasteiger partial charge in [-0.15, -0.1) is 0 Å². The van der Waals surface area contributed by atoms with Crippen LogP contribution in [0.4, 0.5) is 0 Å². The number of hydrogen-bond donors (Lipinski definition) is 0. The molecule has 1 aliphatic rings. The van der Waals surface area contributed by atoms with Crippen LogP contribution in [0.1, 0.15) is 33.1 Å². The fourth-order valence-corrected chi connectivity index (χ4v) is 2.21. The van der Waals surface area contributed by atoms with Crippen molar-refractivity contribution in [2.24, 2.45) is 0 Å². The maximum atomic E-state index is 12.0. The number of carbonyl (C=O) groups is 2. The van der Waals surface area contributed by atoms with E-state index in [4.69, 9.17) is 0 Å². The van der Waals surface area contributed by atoms with Gasteiger partial charge in [-0.3, -0.25) is 9.59 Å². The zero-order valence-electron chi connectivity index (χ0n) is 12.5. The first kappa shape index (κ1) is 16.0. The lowest BCUT2D eigenvalue weighted by molar-refractivity contribution is -0.141. The average Bonchev–Trinajstić information content (AvgIpc) is 2.44. The minimum absolute atomic E-state index is 0.0202. The van der Waals surface area contributed by atoms with Crippen LogP contribution in [-0.2, 0) is 9.59 Å². The topological polar surface area (TPSA) is 43.9 Å². The number of likely N-dealkylation sites (N-methyl/N-ethyl adjacent to an activating group) is 1. The molecular formula is C14H27N3O2. The molecule has 0 radical (unpaired) electrons. The zero-order chi connectivity index (χ0) is 14.3. The van der Waals surface area contributed by atoms with E-state index in [1.807, 2.05) is 4.90 Å². The van der Waals surface area contributed by atoms with Gasteiger partial charge in [-0.25, -0.2) is 0 Å². The largest absolute Gasteiger partial charge is 0.345 e. The lowest BCUT2D eigenvalue weighted by Crippen LogP contribution is -2.49. The Hall–Kier alpha value is -1.10. The first-order valence-electron chi connectivity index (χ1n) is 7.32. The molecule has 0 spiro atoms. The summed E-state index contributed by atoms with van der Waals surface area (Å²) in [6, 6.07) is 0. The van der Waals surface area contributed by atoms with Gasteiger partial charge in [-0.05, 0) is 13.0 Å². The van der Waals surface area contributed by atoms with Crippen molar-refractivity contribution in [2.75, 3.05) is 46.3 Å². The highest BCUT2D eigenvalue weighted by Crippen LogP contribution is 2.05. The maximum absolute atomic E-state index is 12.0. The summed E-state index contributed by atoms with van der Waals surface area (Å²) in [5, 5.41) is 0. The molecule has 0 unspecified atom stereocenters. The Bertz CT molecular complexity index is 299. The predicted octanol–water partition coefficient (Wildman–Crippen LogP) is 0.799. The van der Waals surface area contributed by atoms with Crippen molar-refractivity contribution in [1.29, 1.82) is 0 Å². The van der Waals surface area contributed by atoms with Gasteiger partial charge in [0.15, 0.2) is 0 Å². The fraction of sp³-hybridized carbons (Fsp3) is 0.857. The quantitative estimate of drug-likeness (QED) is 0.670. The van der Waals surface area contributed by atoms with Gasteiger partial charge in [0.2, 0.25) is 11.8 Å². The normalized spacial score (nSPS) is 16.5. The van der Waals surface area contributed by atoms with Gasteiger partial charge < -0.3 is 14.7 Å². The third-order valence-corrected chi connectivity index (χ3v) is 3.75. The smallest absolute Gasteiger partial charge is 0.232 e. The Labute approximate surface area is 116 Å². The van der Waals surface area contributed by atoms with E-state index >= 15 is 0 Å². The Morgan fingerprint density at radius 2 is 1.74 bits per heavy atom. The Morgan fingerprint density at radius 3 is 2.26 bits per heavy atom. The summed E-state index contributed by atoms with van der Waals surface area (Å²) < 4.78 is 0. The molecule has 19 heavy (non-hydrogen) atoms. The second-order valence-corrected chi connectivity index (χ2v) is 5.16. The summed E-state index contributed by atoms with van der Waals surface area (Å²) in [4.78, 5) is 29.7. The second kappa shape index (κ2) is 8.15. The van der Waals surface area contributed by atoms with Gasteiger partial charge >= 0.3 is 0 Å². The van der Waals surface area contributed by atoms with Crippen molar-refractivity contribution in [2.45, 2.75) is 33.1 Å². The summed E-state index contributed by atoms with van der Waals surface area (Å²) in [6.45, 7) is 9.33.